The first kappa shape index (κ1) is 31.9. The maximum absolute atomic E-state index is 13.4. The quantitative estimate of drug-likeness (QED) is 0.102. The van der Waals surface area contributed by atoms with Crippen molar-refractivity contribution in [3.8, 4) is 0 Å². The first-order chi connectivity index (χ1) is 18.0. The van der Waals surface area contributed by atoms with E-state index in [2.05, 4.69) is 44.1 Å². The van der Waals surface area contributed by atoms with E-state index in [1.165, 1.54) is 70.6 Å². The van der Waals surface area contributed by atoms with Crippen LogP contribution in [0, 0.1) is 5.92 Å². The summed E-state index contributed by atoms with van der Waals surface area (Å²) >= 11 is 8.73. The number of aromatic amines is 1. The van der Waals surface area contributed by atoms with Gasteiger partial charge in [0.2, 0.25) is 0 Å². The van der Waals surface area contributed by atoms with Gasteiger partial charge in [-0.3, -0.25) is 9.59 Å². The van der Waals surface area contributed by atoms with E-state index >= 15 is 0 Å². The molecule has 2 aromatic rings. The highest BCUT2D eigenvalue weighted by Crippen LogP contribution is 2.43. The fraction of sp³-hybridized carbons (Fsp3) is 0.710. The highest BCUT2D eigenvalue weighted by atomic mass is 32.1. The summed E-state index contributed by atoms with van der Waals surface area (Å²) in [6.07, 6.45) is 20.1. The van der Waals surface area contributed by atoms with Gasteiger partial charge in [0.05, 0.1) is 11.0 Å². The average molecular weight is 547 g/mol. The summed E-state index contributed by atoms with van der Waals surface area (Å²) < 4.78 is 0. The lowest BCUT2D eigenvalue weighted by molar-refractivity contribution is -0.126. The van der Waals surface area contributed by atoms with Crippen LogP contribution in [0.2, 0.25) is 0 Å². The van der Waals surface area contributed by atoms with Crippen molar-refractivity contribution >= 4 is 46.5 Å². The molecule has 1 aromatic carbocycles. The Labute approximate surface area is 236 Å². The van der Waals surface area contributed by atoms with E-state index in [0.717, 1.165) is 43.1 Å². The Kier molecular flexibility index (Phi) is 15.6. The largest absolute Gasteiger partial charge is 0.341 e. The summed E-state index contributed by atoms with van der Waals surface area (Å²) in [6.45, 7) is 4.47. The van der Waals surface area contributed by atoms with Gasteiger partial charge in [0.15, 0.2) is 10.2 Å². The average Bonchev–Trinajstić information content (AvgIpc) is 3.32. The molecule has 6 heteroatoms. The molecule has 2 unspecified atom stereocenters. The van der Waals surface area contributed by atoms with E-state index in [9.17, 15) is 9.59 Å². The molecule has 2 rings (SSSR count). The number of aromatic nitrogens is 2. The van der Waals surface area contributed by atoms with Gasteiger partial charge in [-0.25, -0.2) is 4.98 Å². The number of carbonyl (C=O) groups excluding carboxylic acids is 2. The van der Waals surface area contributed by atoms with Crippen molar-refractivity contribution in [3.05, 3.63) is 30.1 Å². The molecule has 0 radical (unpaired) electrons. The minimum Gasteiger partial charge on any atom is -0.341 e. The number of H-pyrrole nitrogens is 1. The molecule has 1 heterocycles. The van der Waals surface area contributed by atoms with Gasteiger partial charge in [-0.15, -0.1) is 25.3 Å². The second-order valence-corrected chi connectivity index (χ2v) is 11.6. The Morgan fingerprint density at radius 2 is 1.30 bits per heavy atom. The van der Waals surface area contributed by atoms with E-state index in [1.54, 1.807) is 0 Å². The van der Waals surface area contributed by atoms with E-state index in [1.807, 2.05) is 24.3 Å². The van der Waals surface area contributed by atoms with E-state index in [4.69, 9.17) is 4.98 Å². The van der Waals surface area contributed by atoms with Gasteiger partial charge in [0.25, 0.3) is 0 Å². The van der Waals surface area contributed by atoms with Crippen molar-refractivity contribution in [1.29, 1.82) is 0 Å². The molecule has 0 saturated carbocycles. The summed E-state index contributed by atoms with van der Waals surface area (Å²) in [6, 6.07) is 7.80. The van der Waals surface area contributed by atoms with Crippen LogP contribution >= 0.6 is 25.3 Å². The van der Waals surface area contributed by atoms with Crippen LogP contribution in [-0.2, 0) is 15.0 Å². The summed E-state index contributed by atoms with van der Waals surface area (Å²) in [4.78, 5) is 34.6. The Morgan fingerprint density at radius 3 is 1.81 bits per heavy atom. The van der Waals surface area contributed by atoms with E-state index in [-0.39, 0.29) is 10.2 Å². The number of hydrogen-bond donors (Lipinski definition) is 3. The molecular weight excluding hydrogens is 496 g/mol. The van der Waals surface area contributed by atoms with Gasteiger partial charge in [0, 0.05) is 5.92 Å². The fourth-order valence-corrected chi connectivity index (χ4v) is 6.30. The number of fused-ring (bicyclic) bond motifs is 1. The highest BCUT2D eigenvalue weighted by molar-refractivity contribution is 7.97. The number of hydrogen-bond acceptors (Lipinski definition) is 3. The van der Waals surface area contributed by atoms with E-state index in [0.29, 0.717) is 18.7 Å². The lowest BCUT2D eigenvalue weighted by Crippen LogP contribution is -2.45. The van der Waals surface area contributed by atoms with Crippen LogP contribution in [0.3, 0.4) is 0 Å². The van der Waals surface area contributed by atoms with Crippen LogP contribution in [0.15, 0.2) is 24.3 Å². The maximum Gasteiger partial charge on any atom is 0.200 e. The van der Waals surface area contributed by atoms with Crippen LogP contribution < -0.4 is 0 Å². The Balaban J connectivity index is 2.15. The highest BCUT2D eigenvalue weighted by Gasteiger charge is 2.49. The minimum absolute atomic E-state index is 0.231. The van der Waals surface area contributed by atoms with Crippen molar-refractivity contribution in [1.82, 2.24) is 9.97 Å². The van der Waals surface area contributed by atoms with Crippen LogP contribution in [0.1, 0.15) is 135 Å². The molecule has 0 bridgehead atoms. The van der Waals surface area contributed by atoms with Crippen molar-refractivity contribution in [2.24, 2.45) is 5.92 Å². The van der Waals surface area contributed by atoms with Crippen LogP contribution in [-0.4, -0.2) is 20.2 Å². The van der Waals surface area contributed by atoms with Crippen LogP contribution in [0.4, 0.5) is 0 Å². The lowest BCUT2D eigenvalue weighted by Gasteiger charge is -2.35. The van der Waals surface area contributed by atoms with Crippen LogP contribution in [0.5, 0.6) is 0 Å². The first-order valence-corrected chi connectivity index (χ1v) is 15.8. The predicted molar refractivity (Wildman–Crippen MR) is 164 cm³/mol. The number of nitrogens with one attached hydrogen (secondary N) is 1. The fourth-order valence-electron chi connectivity index (χ4n) is 5.58. The molecular formula is C31H50N2O2S2. The second kappa shape index (κ2) is 18.1. The molecule has 0 aliphatic rings. The van der Waals surface area contributed by atoms with Gasteiger partial charge in [0.1, 0.15) is 11.2 Å². The number of imidazole rings is 1. The molecule has 1 aromatic heterocycles. The van der Waals surface area contributed by atoms with Crippen molar-refractivity contribution in [2.45, 2.75) is 135 Å². The lowest BCUT2D eigenvalue weighted by atomic mass is 9.70. The third-order valence-corrected chi connectivity index (χ3v) is 8.57. The summed E-state index contributed by atoms with van der Waals surface area (Å²) in [5.74, 6) is 0.0367. The molecule has 0 amide bonds. The first-order valence-electron chi connectivity index (χ1n) is 14.9. The molecule has 2 atom stereocenters. The SMILES string of the molecule is CCCCCCCCCCC(C(=O)S)C(CCCCCCCCCC)(C(=O)S)c1nc2ccccc2[nH]1. The second-order valence-electron chi connectivity index (χ2n) is 10.8. The van der Waals surface area contributed by atoms with Crippen molar-refractivity contribution < 1.29 is 9.59 Å². The van der Waals surface area contributed by atoms with Gasteiger partial charge >= 0.3 is 0 Å². The van der Waals surface area contributed by atoms with Crippen molar-refractivity contribution in [3.63, 3.8) is 0 Å². The van der Waals surface area contributed by atoms with Crippen LogP contribution in [0.25, 0.3) is 11.0 Å². The Bertz CT molecular complexity index is 896. The summed E-state index contributed by atoms with van der Waals surface area (Å²) in [7, 11) is 0. The molecule has 0 aliphatic carbocycles. The van der Waals surface area contributed by atoms with Crippen molar-refractivity contribution in [2.75, 3.05) is 0 Å². The zero-order valence-electron chi connectivity index (χ0n) is 23.3. The standard InChI is InChI=1S/C31H50N2O2S2/c1-3-5-7-9-11-13-15-17-21-25(28(34)36)31(30(35)37,24-20-16-14-12-10-8-6-4-2)29-32-26-22-18-19-23-27(26)33-29/h18-19,22-23,25H,3-17,20-21,24H2,1-2H3,(H,32,33)(H,34,36)(H,35,37). The molecule has 208 valence electrons. The number of carbonyl (C=O) groups is 2. The Hall–Kier alpha value is -1.27. The predicted octanol–water partition coefficient (Wildman–Crippen LogP) is 9.39. The molecule has 37 heavy (non-hydrogen) atoms. The molecule has 0 fully saturated rings. The molecule has 4 nitrogen and oxygen atoms in total. The number of thiol groups is 2. The van der Waals surface area contributed by atoms with Gasteiger partial charge in [-0.2, -0.15) is 0 Å². The Morgan fingerprint density at radius 1 is 0.784 bits per heavy atom. The van der Waals surface area contributed by atoms with Gasteiger partial charge in [-0.05, 0) is 25.0 Å². The molecule has 0 spiro atoms. The number of nitrogens with zero attached hydrogens (tertiary/aromatic N) is 1. The molecule has 1 N–H and O–H groups in total. The van der Waals surface area contributed by atoms with E-state index < -0.39 is 11.3 Å². The third kappa shape index (κ3) is 10.1. The third-order valence-electron chi connectivity index (χ3n) is 7.86. The molecule has 0 aliphatic heterocycles. The summed E-state index contributed by atoms with van der Waals surface area (Å²) in [5.41, 5.74) is 0.610. The zero-order chi connectivity index (χ0) is 26.9. The van der Waals surface area contributed by atoms with Gasteiger partial charge < -0.3 is 4.98 Å². The minimum atomic E-state index is -1.08. The zero-order valence-corrected chi connectivity index (χ0v) is 25.1. The molecule has 0 saturated heterocycles. The number of para-hydroxylation sites is 2. The smallest absolute Gasteiger partial charge is 0.200 e. The number of unbranched alkanes of at least 4 members (excludes halogenated alkanes) is 14. The maximum atomic E-state index is 13.4. The normalized spacial score (nSPS) is 14.1. The number of rotatable bonds is 22. The van der Waals surface area contributed by atoms with Gasteiger partial charge in [-0.1, -0.05) is 129 Å². The topological polar surface area (TPSA) is 62.8 Å². The monoisotopic (exact) mass is 546 g/mol. The summed E-state index contributed by atoms with van der Waals surface area (Å²) in [5, 5.41) is -0.508. The number of benzene rings is 1.